The van der Waals surface area contributed by atoms with E-state index in [0.717, 1.165) is 6.42 Å². The lowest BCUT2D eigenvalue weighted by atomic mass is 10.0. The average Bonchev–Trinajstić information content (AvgIpc) is 2.57. The van der Waals surface area contributed by atoms with Crippen LogP contribution in [0.5, 0.6) is 0 Å². The summed E-state index contributed by atoms with van der Waals surface area (Å²) in [5, 5.41) is 0. The van der Waals surface area contributed by atoms with Crippen LogP contribution in [0.4, 0.5) is 4.79 Å². The maximum absolute atomic E-state index is 12.4. The molecule has 0 unspecified atom stereocenters. The topological polar surface area (TPSA) is 94.2 Å². The van der Waals surface area contributed by atoms with Gasteiger partial charge in [-0.2, -0.15) is 0 Å². The normalized spacial score (nSPS) is 15.1. The zero-order chi connectivity index (χ0) is 20.4. The summed E-state index contributed by atoms with van der Waals surface area (Å²) in [7, 11) is 0. The Morgan fingerprint density at radius 1 is 1.33 bits per heavy atom. The van der Waals surface area contributed by atoms with Crippen molar-refractivity contribution in [1.29, 1.82) is 0 Å². The van der Waals surface area contributed by atoms with Gasteiger partial charge in [-0.05, 0) is 41.0 Å². The summed E-state index contributed by atoms with van der Waals surface area (Å²) in [6.45, 7) is 10.2. The number of ether oxygens (including phenoxy) is 2. The molecule has 1 aliphatic heterocycles. The van der Waals surface area contributed by atoms with Crippen LogP contribution in [0.25, 0.3) is 0 Å². The van der Waals surface area contributed by atoms with Gasteiger partial charge in [0.05, 0.1) is 13.2 Å². The standard InChI is InChI=1S/C20H31N3O4/c1-6-8-9-10-12-22-17(18(24)26-7-2)15-14-23(13-11-16(15)21)19(25)27-20(3,4)5/h7,9-14,21H2,1-5H3. The van der Waals surface area contributed by atoms with Crippen LogP contribution in [0.1, 0.15) is 53.9 Å². The highest BCUT2D eigenvalue weighted by Gasteiger charge is 2.30. The lowest BCUT2D eigenvalue weighted by Crippen LogP contribution is -2.43. The molecule has 7 heteroatoms. The first-order chi connectivity index (χ1) is 12.7. The highest BCUT2D eigenvalue weighted by Crippen LogP contribution is 2.19. The van der Waals surface area contributed by atoms with E-state index in [9.17, 15) is 9.59 Å². The Labute approximate surface area is 162 Å². The van der Waals surface area contributed by atoms with Crippen molar-refractivity contribution < 1.29 is 19.1 Å². The molecule has 0 fully saturated rings. The lowest BCUT2D eigenvalue weighted by Gasteiger charge is -2.31. The zero-order valence-electron chi connectivity index (χ0n) is 17.1. The molecule has 0 aromatic heterocycles. The third-order valence-corrected chi connectivity index (χ3v) is 3.70. The van der Waals surface area contributed by atoms with Gasteiger partial charge in [-0.15, -0.1) is 11.8 Å². The summed E-state index contributed by atoms with van der Waals surface area (Å²) in [5.74, 6) is 5.27. The third-order valence-electron chi connectivity index (χ3n) is 3.70. The number of carbonyl (C=O) groups excluding carboxylic acids is 2. The van der Waals surface area contributed by atoms with Crippen LogP contribution >= 0.6 is 0 Å². The van der Waals surface area contributed by atoms with Crippen molar-refractivity contribution in [2.75, 3.05) is 26.2 Å². The van der Waals surface area contributed by atoms with Crippen LogP contribution < -0.4 is 5.73 Å². The van der Waals surface area contributed by atoms with E-state index in [0.29, 0.717) is 37.2 Å². The molecule has 0 aliphatic carbocycles. The Hall–Kier alpha value is -2.49. The van der Waals surface area contributed by atoms with Gasteiger partial charge < -0.3 is 20.1 Å². The summed E-state index contributed by atoms with van der Waals surface area (Å²) < 4.78 is 10.6. The minimum Gasteiger partial charge on any atom is -0.461 e. The molecule has 7 nitrogen and oxygen atoms in total. The highest BCUT2D eigenvalue weighted by atomic mass is 16.6. The number of esters is 1. The van der Waals surface area contributed by atoms with E-state index in [1.807, 2.05) is 20.8 Å². The number of aliphatic imine (C=N–C) groups is 1. The summed E-state index contributed by atoms with van der Waals surface area (Å²) >= 11 is 0. The number of nitrogens with two attached hydrogens (primary N) is 1. The van der Waals surface area contributed by atoms with Crippen molar-refractivity contribution in [3.8, 4) is 11.8 Å². The van der Waals surface area contributed by atoms with Crippen molar-refractivity contribution in [2.24, 2.45) is 10.7 Å². The molecule has 0 bridgehead atoms. The molecule has 2 N–H and O–H groups in total. The van der Waals surface area contributed by atoms with Gasteiger partial charge in [0, 0.05) is 37.2 Å². The molecule has 1 rings (SSSR count). The van der Waals surface area contributed by atoms with Gasteiger partial charge in [0.25, 0.3) is 0 Å². The monoisotopic (exact) mass is 377 g/mol. The molecule has 1 heterocycles. The van der Waals surface area contributed by atoms with E-state index >= 15 is 0 Å². The van der Waals surface area contributed by atoms with Gasteiger partial charge in [-0.25, -0.2) is 9.59 Å². The van der Waals surface area contributed by atoms with E-state index < -0.39 is 17.7 Å². The van der Waals surface area contributed by atoms with Crippen molar-refractivity contribution in [3.63, 3.8) is 0 Å². The fraction of sp³-hybridized carbons (Fsp3) is 0.650. The van der Waals surface area contributed by atoms with Crippen LogP contribution in [0.3, 0.4) is 0 Å². The van der Waals surface area contributed by atoms with E-state index in [4.69, 9.17) is 15.2 Å². The predicted octanol–water partition coefficient (Wildman–Crippen LogP) is 2.65. The molecule has 27 heavy (non-hydrogen) atoms. The van der Waals surface area contributed by atoms with E-state index in [1.54, 1.807) is 13.8 Å². The Kier molecular flexibility index (Phi) is 8.86. The van der Waals surface area contributed by atoms with E-state index in [-0.39, 0.29) is 18.9 Å². The van der Waals surface area contributed by atoms with Crippen molar-refractivity contribution in [3.05, 3.63) is 11.3 Å². The number of hydrogen-bond acceptors (Lipinski definition) is 6. The lowest BCUT2D eigenvalue weighted by molar-refractivity contribution is -0.135. The molecule has 0 aromatic rings. The Balaban J connectivity index is 2.99. The highest BCUT2D eigenvalue weighted by molar-refractivity contribution is 6.43. The minimum absolute atomic E-state index is 0.174. The SMILES string of the molecule is CC#CCCCN=C(C(=O)OCC)C1=C(N)CCN(C(=O)OC(C)(C)C)C1. The van der Waals surface area contributed by atoms with Crippen molar-refractivity contribution in [1.82, 2.24) is 4.90 Å². The van der Waals surface area contributed by atoms with E-state index in [1.165, 1.54) is 4.90 Å². The molecule has 150 valence electrons. The van der Waals surface area contributed by atoms with Crippen LogP contribution in [0.15, 0.2) is 16.3 Å². The van der Waals surface area contributed by atoms with Gasteiger partial charge in [-0.3, -0.25) is 4.99 Å². The maximum Gasteiger partial charge on any atom is 0.410 e. The molecule has 0 spiro atoms. The number of hydrogen-bond donors (Lipinski definition) is 1. The van der Waals surface area contributed by atoms with Gasteiger partial charge in [0.1, 0.15) is 11.3 Å². The number of amides is 1. The number of rotatable bonds is 6. The first-order valence-corrected chi connectivity index (χ1v) is 9.26. The summed E-state index contributed by atoms with van der Waals surface area (Å²) in [6.07, 6.45) is 1.45. The summed E-state index contributed by atoms with van der Waals surface area (Å²) in [6, 6.07) is 0. The molecular formula is C20H31N3O4. The fourth-order valence-electron chi connectivity index (χ4n) is 2.45. The predicted molar refractivity (Wildman–Crippen MR) is 105 cm³/mol. The first kappa shape index (κ1) is 22.6. The molecule has 1 aliphatic rings. The fourth-order valence-corrected chi connectivity index (χ4v) is 2.45. The summed E-state index contributed by atoms with van der Waals surface area (Å²) in [4.78, 5) is 30.7. The van der Waals surface area contributed by atoms with Gasteiger partial charge in [0.2, 0.25) is 0 Å². The second kappa shape index (κ2) is 10.6. The molecule has 0 atom stereocenters. The molecular weight excluding hydrogens is 346 g/mol. The molecule has 1 amide bonds. The number of nitrogens with zero attached hydrogens (tertiary/aromatic N) is 2. The van der Waals surface area contributed by atoms with E-state index in [2.05, 4.69) is 16.8 Å². The second-order valence-corrected chi connectivity index (χ2v) is 7.14. The first-order valence-electron chi connectivity index (χ1n) is 9.26. The third kappa shape index (κ3) is 7.73. The van der Waals surface area contributed by atoms with Crippen LogP contribution in [-0.4, -0.2) is 54.5 Å². The molecule has 0 aromatic carbocycles. The van der Waals surface area contributed by atoms with Gasteiger partial charge in [0.15, 0.2) is 0 Å². The Morgan fingerprint density at radius 2 is 2.04 bits per heavy atom. The Morgan fingerprint density at radius 3 is 2.63 bits per heavy atom. The van der Waals surface area contributed by atoms with Crippen molar-refractivity contribution >= 4 is 17.8 Å². The molecule has 0 radical (unpaired) electrons. The van der Waals surface area contributed by atoms with Crippen LogP contribution in [-0.2, 0) is 14.3 Å². The zero-order valence-corrected chi connectivity index (χ0v) is 17.1. The number of carbonyl (C=O) groups is 2. The second-order valence-electron chi connectivity index (χ2n) is 7.14. The van der Waals surface area contributed by atoms with Gasteiger partial charge >= 0.3 is 12.1 Å². The van der Waals surface area contributed by atoms with Crippen molar-refractivity contribution in [2.45, 2.75) is 59.5 Å². The maximum atomic E-state index is 12.4. The smallest absolute Gasteiger partial charge is 0.410 e. The number of unbranched alkanes of at least 4 members (excludes halogenated alkanes) is 1. The Bertz CT molecular complexity index is 663. The molecule has 0 saturated heterocycles. The van der Waals surface area contributed by atoms with Crippen LogP contribution in [0, 0.1) is 11.8 Å². The largest absolute Gasteiger partial charge is 0.461 e. The van der Waals surface area contributed by atoms with Gasteiger partial charge in [-0.1, -0.05) is 0 Å². The minimum atomic E-state index is -0.595. The molecule has 0 saturated carbocycles. The average molecular weight is 377 g/mol. The van der Waals surface area contributed by atoms with Crippen LogP contribution in [0.2, 0.25) is 0 Å². The summed E-state index contributed by atoms with van der Waals surface area (Å²) in [5.41, 5.74) is 6.82. The quantitative estimate of drug-likeness (QED) is 0.332.